The van der Waals surface area contributed by atoms with E-state index in [0.717, 1.165) is 22.3 Å². The highest BCUT2D eigenvalue weighted by molar-refractivity contribution is 6.25. The van der Waals surface area contributed by atoms with Crippen molar-refractivity contribution in [3.8, 4) is 6.07 Å². The van der Waals surface area contributed by atoms with Crippen molar-refractivity contribution in [1.82, 2.24) is 10.4 Å². The SMILES string of the molecule is N#Cc1ccccc1N1C(=O)[C@H]2C3c4ccccc4C(/C=N\NC(=O)c4cccnc4)(c4ccccc43)[C@H]2C1=O. The third-order valence-electron chi connectivity index (χ3n) is 8.31. The Morgan fingerprint density at radius 2 is 1.60 bits per heavy atom. The molecule has 8 nitrogen and oxygen atoms in total. The highest BCUT2D eigenvalue weighted by atomic mass is 16.2. The van der Waals surface area contributed by atoms with E-state index >= 15 is 0 Å². The lowest BCUT2D eigenvalue weighted by Gasteiger charge is -2.52. The minimum atomic E-state index is -1.13. The van der Waals surface area contributed by atoms with Crippen LogP contribution in [0.2, 0.25) is 0 Å². The van der Waals surface area contributed by atoms with Crippen LogP contribution in [0.4, 0.5) is 5.69 Å². The number of pyridine rings is 1. The molecule has 8 heteroatoms. The second kappa shape index (κ2) is 8.82. The topological polar surface area (TPSA) is 116 Å². The minimum Gasteiger partial charge on any atom is -0.274 e. The number of rotatable bonds is 4. The molecule has 4 aromatic rings. The van der Waals surface area contributed by atoms with Gasteiger partial charge in [-0.2, -0.15) is 10.4 Å². The number of amides is 3. The Hall–Kier alpha value is -5.42. The lowest BCUT2D eigenvalue weighted by molar-refractivity contribution is -0.122. The van der Waals surface area contributed by atoms with Crippen molar-refractivity contribution in [2.75, 3.05) is 4.90 Å². The van der Waals surface area contributed by atoms with Crippen molar-refractivity contribution in [2.24, 2.45) is 16.9 Å². The number of hydrogen-bond acceptors (Lipinski definition) is 6. The average Bonchev–Trinajstić information content (AvgIpc) is 3.28. The number of hydrazone groups is 1. The molecule has 3 aromatic carbocycles. The molecule has 4 aliphatic rings. The van der Waals surface area contributed by atoms with Crippen LogP contribution in [-0.2, 0) is 15.0 Å². The fourth-order valence-corrected chi connectivity index (χ4v) is 6.80. The first kappa shape index (κ1) is 23.7. The van der Waals surface area contributed by atoms with E-state index in [1.54, 1.807) is 48.8 Å². The van der Waals surface area contributed by atoms with Gasteiger partial charge in [-0.3, -0.25) is 19.4 Å². The number of nitriles is 1. The number of nitrogens with zero attached hydrogens (tertiary/aromatic N) is 4. The van der Waals surface area contributed by atoms with Crippen LogP contribution in [0, 0.1) is 23.2 Å². The number of carbonyl (C=O) groups excluding carboxylic acids is 3. The molecule has 1 fully saturated rings. The average molecular weight is 524 g/mol. The third-order valence-corrected chi connectivity index (χ3v) is 8.31. The Morgan fingerprint density at radius 1 is 0.925 bits per heavy atom. The summed E-state index contributed by atoms with van der Waals surface area (Å²) in [4.78, 5) is 46.6. The first-order valence-electron chi connectivity index (χ1n) is 12.9. The number of aromatic nitrogens is 1. The minimum absolute atomic E-state index is 0.247. The molecule has 2 bridgehead atoms. The summed E-state index contributed by atoms with van der Waals surface area (Å²) in [6.45, 7) is 0. The molecule has 0 spiro atoms. The Morgan fingerprint density at radius 3 is 2.27 bits per heavy atom. The lowest BCUT2D eigenvalue weighted by atomic mass is 9.47. The highest BCUT2D eigenvalue weighted by Gasteiger charge is 2.68. The summed E-state index contributed by atoms with van der Waals surface area (Å²) in [6.07, 6.45) is 4.63. The number of anilines is 1. The van der Waals surface area contributed by atoms with Crippen molar-refractivity contribution in [3.63, 3.8) is 0 Å². The van der Waals surface area contributed by atoms with Crippen molar-refractivity contribution in [2.45, 2.75) is 11.3 Å². The van der Waals surface area contributed by atoms with Crippen molar-refractivity contribution >= 4 is 29.6 Å². The Balaban J connectivity index is 1.43. The van der Waals surface area contributed by atoms with Crippen LogP contribution in [0.1, 0.15) is 44.1 Å². The Kier molecular flexibility index (Phi) is 5.22. The Bertz CT molecular complexity index is 1740. The smallest absolute Gasteiger partial charge is 0.272 e. The summed E-state index contributed by atoms with van der Waals surface area (Å²) >= 11 is 0. The van der Waals surface area contributed by atoms with E-state index in [-0.39, 0.29) is 23.1 Å². The van der Waals surface area contributed by atoms with Gasteiger partial charge in [0, 0.05) is 24.5 Å². The first-order chi connectivity index (χ1) is 19.6. The molecular weight excluding hydrogens is 502 g/mol. The van der Waals surface area contributed by atoms with E-state index in [2.05, 4.69) is 21.6 Å². The van der Waals surface area contributed by atoms with Gasteiger partial charge in [0.05, 0.1) is 34.1 Å². The number of hydrogen-bond donors (Lipinski definition) is 1. The quantitative estimate of drug-likeness (QED) is 0.247. The molecule has 8 rings (SSSR count). The van der Waals surface area contributed by atoms with Crippen LogP contribution >= 0.6 is 0 Å². The van der Waals surface area contributed by atoms with Gasteiger partial charge in [-0.25, -0.2) is 10.3 Å². The molecule has 0 radical (unpaired) electrons. The predicted molar refractivity (Wildman–Crippen MR) is 146 cm³/mol. The van der Waals surface area contributed by atoms with Crippen LogP contribution in [-0.4, -0.2) is 28.9 Å². The molecule has 1 aliphatic heterocycles. The standard InChI is InChI=1S/C32H21N5O3/c33-16-19-8-1-6-14-25(19)37-30(39)27-26-21-10-2-4-12-23(21)32(28(27)31(37)40,24-13-5-3-11-22(24)26)18-35-36-29(38)20-9-7-15-34-17-20/h1-15,17-18,26-28H,(H,36,38)/b35-18-/t26?,27-,28+,32?/m0/s1. The van der Waals surface area contributed by atoms with Gasteiger partial charge in [-0.15, -0.1) is 0 Å². The first-order valence-corrected chi connectivity index (χ1v) is 12.9. The summed E-state index contributed by atoms with van der Waals surface area (Å²) in [6, 6.07) is 27.6. The van der Waals surface area contributed by atoms with E-state index in [0.29, 0.717) is 5.56 Å². The number of benzene rings is 3. The highest BCUT2D eigenvalue weighted by Crippen LogP contribution is 2.63. The molecule has 1 saturated heterocycles. The summed E-state index contributed by atoms with van der Waals surface area (Å²) < 4.78 is 0. The molecule has 0 unspecified atom stereocenters. The van der Waals surface area contributed by atoms with Gasteiger partial charge in [0.2, 0.25) is 11.8 Å². The Labute approximate surface area is 229 Å². The van der Waals surface area contributed by atoms with Crippen LogP contribution in [0.3, 0.4) is 0 Å². The predicted octanol–water partition coefficient (Wildman–Crippen LogP) is 3.92. The van der Waals surface area contributed by atoms with E-state index in [1.807, 2.05) is 48.5 Å². The largest absolute Gasteiger partial charge is 0.274 e. The van der Waals surface area contributed by atoms with E-state index in [9.17, 15) is 19.6 Å². The molecule has 3 aliphatic carbocycles. The lowest BCUT2D eigenvalue weighted by Crippen LogP contribution is -2.54. The summed E-state index contributed by atoms with van der Waals surface area (Å²) in [5.74, 6) is -3.04. The van der Waals surface area contributed by atoms with Crippen LogP contribution < -0.4 is 10.3 Å². The normalized spacial score (nSPS) is 23.9. The summed E-state index contributed by atoms with van der Waals surface area (Å²) in [7, 11) is 0. The van der Waals surface area contributed by atoms with E-state index < -0.39 is 29.1 Å². The van der Waals surface area contributed by atoms with Crippen molar-refractivity contribution in [3.05, 3.63) is 131 Å². The molecule has 1 aromatic heterocycles. The second-order valence-electron chi connectivity index (χ2n) is 10.1. The van der Waals surface area contributed by atoms with E-state index in [1.165, 1.54) is 11.1 Å². The second-order valence-corrected chi connectivity index (χ2v) is 10.1. The maximum atomic E-state index is 14.4. The third kappa shape index (κ3) is 3.09. The van der Waals surface area contributed by atoms with Gasteiger partial charge in [0.25, 0.3) is 5.91 Å². The van der Waals surface area contributed by atoms with Crippen molar-refractivity contribution in [1.29, 1.82) is 5.26 Å². The van der Waals surface area contributed by atoms with Crippen molar-refractivity contribution < 1.29 is 14.4 Å². The van der Waals surface area contributed by atoms with Gasteiger partial charge in [0.15, 0.2) is 0 Å². The molecule has 192 valence electrons. The molecular formula is C32H21N5O3. The molecule has 1 N–H and O–H groups in total. The molecule has 3 amide bonds. The molecule has 2 atom stereocenters. The summed E-state index contributed by atoms with van der Waals surface area (Å²) in [5, 5.41) is 14.2. The van der Waals surface area contributed by atoms with Gasteiger partial charge in [0.1, 0.15) is 6.07 Å². The fourth-order valence-electron chi connectivity index (χ4n) is 6.80. The fraction of sp³-hybridized carbons (Fsp3) is 0.125. The van der Waals surface area contributed by atoms with Gasteiger partial charge >= 0.3 is 0 Å². The number of nitrogens with one attached hydrogen (secondary N) is 1. The number of carbonyl (C=O) groups is 3. The van der Waals surface area contributed by atoms with Gasteiger partial charge in [-0.05, 0) is 46.5 Å². The summed E-state index contributed by atoms with van der Waals surface area (Å²) in [5.41, 5.74) is 5.97. The zero-order valence-corrected chi connectivity index (χ0v) is 21.1. The number of imide groups is 1. The van der Waals surface area contributed by atoms with Gasteiger partial charge in [-0.1, -0.05) is 60.7 Å². The zero-order chi connectivity index (χ0) is 27.4. The van der Waals surface area contributed by atoms with Crippen LogP contribution in [0.5, 0.6) is 0 Å². The maximum Gasteiger partial charge on any atom is 0.272 e. The van der Waals surface area contributed by atoms with Crippen LogP contribution in [0.15, 0.2) is 102 Å². The monoisotopic (exact) mass is 523 g/mol. The van der Waals surface area contributed by atoms with Crippen LogP contribution in [0.25, 0.3) is 0 Å². The molecule has 0 saturated carbocycles. The zero-order valence-electron chi connectivity index (χ0n) is 21.1. The molecule has 40 heavy (non-hydrogen) atoms. The van der Waals surface area contributed by atoms with E-state index in [4.69, 9.17) is 0 Å². The maximum absolute atomic E-state index is 14.4. The molecule has 2 heterocycles. The number of para-hydroxylation sites is 1. The van der Waals surface area contributed by atoms with Gasteiger partial charge < -0.3 is 0 Å².